The van der Waals surface area contributed by atoms with Crippen LogP contribution in [0, 0.1) is 18.2 Å². The van der Waals surface area contributed by atoms with Gasteiger partial charge < -0.3 is 21.4 Å². The van der Waals surface area contributed by atoms with Crippen LogP contribution < -0.4 is 16.4 Å². The second kappa shape index (κ2) is 7.94. The van der Waals surface area contributed by atoms with Crippen molar-refractivity contribution < 1.29 is 9.18 Å². The van der Waals surface area contributed by atoms with E-state index in [4.69, 9.17) is 12.2 Å². The standard InChI is InChI=1S/C22H22FN5O/c1-2-15-11-18-20(26-16-9-5-14(24)6-10-16)19(12-25-21(18)27-15)22(29)28-17-7-3-13(23)4-8-17/h1,3-4,7-8,11-12,14,16H,5-6,9-10,24H2,(H,28,29)(H2,25,26,27)/t14-,16-. The van der Waals surface area contributed by atoms with E-state index in [2.05, 4.69) is 26.5 Å². The van der Waals surface area contributed by atoms with Gasteiger partial charge in [0.1, 0.15) is 11.5 Å². The summed E-state index contributed by atoms with van der Waals surface area (Å²) in [5.41, 5.74) is 8.83. The maximum Gasteiger partial charge on any atom is 0.259 e. The van der Waals surface area contributed by atoms with Crippen LogP contribution in [0.1, 0.15) is 41.7 Å². The summed E-state index contributed by atoms with van der Waals surface area (Å²) in [6.07, 6.45) is 10.8. The van der Waals surface area contributed by atoms with Crippen molar-refractivity contribution in [3.8, 4) is 12.3 Å². The Bertz CT molecular complexity index is 1080. The first kappa shape index (κ1) is 19.0. The summed E-state index contributed by atoms with van der Waals surface area (Å²) in [5, 5.41) is 7.08. The number of aromatic amines is 1. The fraction of sp³-hybridized carbons (Fsp3) is 0.273. The number of amides is 1. The topological polar surface area (TPSA) is 95.8 Å². The number of carbonyl (C=O) groups is 1. The lowest BCUT2D eigenvalue weighted by Gasteiger charge is -2.28. The van der Waals surface area contributed by atoms with Crippen molar-refractivity contribution in [2.75, 3.05) is 10.6 Å². The molecule has 6 nitrogen and oxygen atoms in total. The van der Waals surface area contributed by atoms with E-state index in [0.717, 1.165) is 31.1 Å². The number of nitrogens with zero attached hydrogens (tertiary/aromatic N) is 1. The highest BCUT2D eigenvalue weighted by Gasteiger charge is 2.23. The van der Waals surface area contributed by atoms with Crippen LogP contribution >= 0.6 is 0 Å². The molecule has 1 amide bonds. The minimum atomic E-state index is -0.363. The number of halogens is 1. The first-order chi connectivity index (χ1) is 14.0. The van der Waals surface area contributed by atoms with Crippen molar-refractivity contribution in [1.29, 1.82) is 0 Å². The number of pyridine rings is 1. The molecule has 1 aliphatic carbocycles. The summed E-state index contributed by atoms with van der Waals surface area (Å²) < 4.78 is 13.1. The highest BCUT2D eigenvalue weighted by atomic mass is 19.1. The van der Waals surface area contributed by atoms with E-state index in [1.54, 1.807) is 0 Å². The molecule has 0 unspecified atom stereocenters. The fourth-order valence-electron chi connectivity index (χ4n) is 3.68. The van der Waals surface area contributed by atoms with Crippen molar-refractivity contribution in [2.24, 2.45) is 5.73 Å². The van der Waals surface area contributed by atoms with Gasteiger partial charge in [-0.15, -0.1) is 6.42 Å². The summed E-state index contributed by atoms with van der Waals surface area (Å²) in [4.78, 5) is 20.4. The predicted octanol–water partition coefficient (Wildman–Crippen LogP) is 3.62. The molecule has 2 heterocycles. The van der Waals surface area contributed by atoms with Crippen LogP contribution in [-0.4, -0.2) is 28.0 Å². The van der Waals surface area contributed by atoms with E-state index in [1.165, 1.54) is 30.5 Å². The van der Waals surface area contributed by atoms with E-state index >= 15 is 0 Å². The maximum atomic E-state index is 13.1. The number of nitrogens with two attached hydrogens (primary N) is 1. The molecular formula is C22H22FN5O. The quantitative estimate of drug-likeness (QED) is 0.511. The second-order valence-electron chi connectivity index (χ2n) is 7.35. The van der Waals surface area contributed by atoms with Crippen LogP contribution in [0.15, 0.2) is 36.5 Å². The Labute approximate surface area is 168 Å². The van der Waals surface area contributed by atoms with Crippen LogP contribution in [0.2, 0.25) is 0 Å². The molecule has 0 bridgehead atoms. The molecule has 29 heavy (non-hydrogen) atoms. The van der Waals surface area contributed by atoms with Gasteiger partial charge in [0.15, 0.2) is 0 Å². The van der Waals surface area contributed by atoms with Gasteiger partial charge in [0.25, 0.3) is 5.91 Å². The molecule has 7 heteroatoms. The average Bonchev–Trinajstić information content (AvgIpc) is 3.15. The molecule has 4 rings (SSSR count). The van der Waals surface area contributed by atoms with Gasteiger partial charge >= 0.3 is 0 Å². The third-order valence-corrected chi connectivity index (χ3v) is 5.28. The third kappa shape index (κ3) is 4.08. The van der Waals surface area contributed by atoms with Crippen LogP contribution in [0.5, 0.6) is 0 Å². The number of carbonyl (C=O) groups excluding carboxylic acids is 1. The van der Waals surface area contributed by atoms with Gasteiger partial charge in [-0.1, -0.05) is 5.92 Å². The number of aromatic nitrogens is 2. The molecule has 2 aromatic heterocycles. The molecule has 148 valence electrons. The normalized spacial score (nSPS) is 18.9. The van der Waals surface area contributed by atoms with Crippen LogP contribution in [0.3, 0.4) is 0 Å². The zero-order valence-electron chi connectivity index (χ0n) is 15.8. The summed E-state index contributed by atoms with van der Waals surface area (Å²) >= 11 is 0. The molecule has 0 atom stereocenters. The molecule has 0 aliphatic heterocycles. The summed E-state index contributed by atoms with van der Waals surface area (Å²) in [7, 11) is 0. The van der Waals surface area contributed by atoms with Crippen LogP contribution in [0.4, 0.5) is 15.8 Å². The first-order valence-electron chi connectivity index (χ1n) is 9.61. The number of hydrogen-bond donors (Lipinski definition) is 4. The number of fused-ring (bicyclic) bond motifs is 1. The molecule has 1 fully saturated rings. The molecule has 0 saturated heterocycles. The Hall–Kier alpha value is -3.37. The lowest BCUT2D eigenvalue weighted by molar-refractivity contribution is 0.102. The number of benzene rings is 1. The largest absolute Gasteiger partial charge is 0.381 e. The average molecular weight is 391 g/mol. The summed E-state index contributed by atoms with van der Waals surface area (Å²) in [6.45, 7) is 0. The molecule has 3 aromatic rings. The zero-order chi connectivity index (χ0) is 20.4. The van der Waals surface area contributed by atoms with Crippen molar-refractivity contribution in [2.45, 2.75) is 37.8 Å². The number of H-pyrrole nitrogens is 1. The van der Waals surface area contributed by atoms with Crippen molar-refractivity contribution in [3.05, 3.63) is 53.6 Å². The van der Waals surface area contributed by atoms with Gasteiger partial charge in [-0.05, 0) is 56.0 Å². The van der Waals surface area contributed by atoms with Gasteiger partial charge in [-0.3, -0.25) is 4.79 Å². The highest BCUT2D eigenvalue weighted by Crippen LogP contribution is 2.30. The Balaban J connectivity index is 1.69. The van der Waals surface area contributed by atoms with Crippen molar-refractivity contribution in [3.63, 3.8) is 0 Å². The summed E-state index contributed by atoms with van der Waals surface area (Å²) in [5.74, 6) is 1.88. The predicted molar refractivity (Wildman–Crippen MR) is 112 cm³/mol. The Morgan fingerprint density at radius 2 is 1.97 bits per heavy atom. The van der Waals surface area contributed by atoms with Gasteiger partial charge in [-0.25, -0.2) is 9.37 Å². The zero-order valence-corrected chi connectivity index (χ0v) is 15.8. The number of rotatable bonds is 4. The number of anilines is 2. The van der Waals surface area contributed by atoms with Gasteiger partial charge in [0.05, 0.1) is 16.9 Å². The van der Waals surface area contributed by atoms with E-state index in [9.17, 15) is 9.18 Å². The third-order valence-electron chi connectivity index (χ3n) is 5.28. The van der Waals surface area contributed by atoms with Crippen molar-refractivity contribution in [1.82, 2.24) is 9.97 Å². The highest BCUT2D eigenvalue weighted by molar-refractivity contribution is 6.12. The fourth-order valence-corrected chi connectivity index (χ4v) is 3.68. The van der Waals surface area contributed by atoms with Gasteiger partial charge in [0, 0.05) is 29.4 Å². The van der Waals surface area contributed by atoms with Crippen LogP contribution in [-0.2, 0) is 0 Å². The van der Waals surface area contributed by atoms with E-state index < -0.39 is 0 Å². The Kier molecular flexibility index (Phi) is 5.19. The van der Waals surface area contributed by atoms with Crippen LogP contribution in [0.25, 0.3) is 11.0 Å². The second-order valence-corrected chi connectivity index (χ2v) is 7.35. The summed E-state index contributed by atoms with van der Waals surface area (Å²) in [6, 6.07) is 7.88. The van der Waals surface area contributed by atoms with E-state index in [-0.39, 0.29) is 23.8 Å². The van der Waals surface area contributed by atoms with Gasteiger partial charge in [0.2, 0.25) is 0 Å². The number of terminal acetylenes is 1. The monoisotopic (exact) mass is 391 g/mol. The molecule has 1 aliphatic rings. The Morgan fingerprint density at radius 3 is 2.66 bits per heavy atom. The lowest BCUT2D eigenvalue weighted by atomic mass is 9.91. The first-order valence-corrected chi connectivity index (χ1v) is 9.61. The Morgan fingerprint density at radius 1 is 1.24 bits per heavy atom. The number of hydrogen-bond acceptors (Lipinski definition) is 4. The molecule has 5 N–H and O–H groups in total. The van der Waals surface area contributed by atoms with E-state index in [0.29, 0.717) is 28.3 Å². The van der Waals surface area contributed by atoms with Gasteiger partial charge in [-0.2, -0.15) is 0 Å². The molecule has 0 spiro atoms. The van der Waals surface area contributed by atoms with E-state index in [1.807, 2.05) is 6.07 Å². The molecule has 1 aromatic carbocycles. The molecule has 0 radical (unpaired) electrons. The molecular weight excluding hydrogens is 369 g/mol. The number of nitrogens with one attached hydrogen (secondary N) is 3. The lowest BCUT2D eigenvalue weighted by Crippen LogP contribution is -2.33. The SMILES string of the molecule is C#Cc1cc2c(N[C@H]3CC[C@H](N)CC3)c(C(=O)Nc3ccc(F)cc3)cnc2[nH]1. The minimum Gasteiger partial charge on any atom is -0.381 e. The molecule has 1 saturated carbocycles. The maximum absolute atomic E-state index is 13.1. The van der Waals surface area contributed by atoms with Crippen molar-refractivity contribution >= 4 is 28.3 Å². The minimum absolute atomic E-state index is 0.210. The smallest absolute Gasteiger partial charge is 0.259 e.